The van der Waals surface area contributed by atoms with E-state index in [-0.39, 0.29) is 0 Å². The normalized spacial score (nSPS) is 18.2. The molecule has 1 heteroatoms. The standard InChI is InChI=1S/C8H11N/c1-7(9)8-5-3-2-4-6-8/h2-7H,9H2,1H3/t7-/m1/s1/i7D. The van der Waals surface area contributed by atoms with E-state index in [9.17, 15) is 0 Å². The Balaban J connectivity index is 2.97. The molecule has 0 bridgehead atoms. The number of hydrogen-bond donors (Lipinski definition) is 1. The van der Waals surface area contributed by atoms with E-state index >= 15 is 0 Å². The monoisotopic (exact) mass is 122 g/mol. The summed E-state index contributed by atoms with van der Waals surface area (Å²) >= 11 is 0. The second-order valence-corrected chi connectivity index (χ2v) is 2.05. The Hall–Kier alpha value is -0.820. The summed E-state index contributed by atoms with van der Waals surface area (Å²) in [6, 6.07) is 8.43. The van der Waals surface area contributed by atoms with E-state index in [1.54, 1.807) is 6.92 Å². The summed E-state index contributed by atoms with van der Waals surface area (Å²) in [6.07, 6.45) is 0. The summed E-state index contributed by atoms with van der Waals surface area (Å²) in [5.41, 5.74) is 6.37. The lowest BCUT2D eigenvalue weighted by Gasteiger charge is -2.02. The van der Waals surface area contributed by atoms with E-state index in [4.69, 9.17) is 7.10 Å². The quantitative estimate of drug-likeness (QED) is 0.603. The van der Waals surface area contributed by atoms with Gasteiger partial charge in [-0.1, -0.05) is 30.3 Å². The summed E-state index contributed by atoms with van der Waals surface area (Å²) in [6.45, 7) is 1.67. The second-order valence-electron chi connectivity index (χ2n) is 2.05. The average Bonchev–Trinajstić information content (AvgIpc) is 1.88. The molecule has 0 aliphatic rings. The van der Waals surface area contributed by atoms with Crippen LogP contribution in [0.4, 0.5) is 0 Å². The van der Waals surface area contributed by atoms with Crippen LogP contribution in [0.5, 0.6) is 0 Å². The van der Waals surface area contributed by atoms with Crippen molar-refractivity contribution >= 4 is 0 Å². The molecule has 1 aromatic carbocycles. The molecule has 1 atom stereocenters. The maximum Gasteiger partial charge on any atom is 0.0511 e. The van der Waals surface area contributed by atoms with Gasteiger partial charge in [0.05, 0.1) is 1.37 Å². The van der Waals surface area contributed by atoms with Gasteiger partial charge in [-0.05, 0) is 12.5 Å². The molecule has 0 spiro atoms. The van der Waals surface area contributed by atoms with Crippen LogP contribution < -0.4 is 5.73 Å². The third kappa shape index (κ3) is 1.54. The Morgan fingerprint density at radius 3 is 2.33 bits per heavy atom. The minimum absolute atomic E-state index is 0.843. The van der Waals surface area contributed by atoms with Crippen molar-refractivity contribution in [2.75, 3.05) is 0 Å². The fourth-order valence-corrected chi connectivity index (χ4v) is 0.701. The van der Waals surface area contributed by atoms with Gasteiger partial charge in [0, 0.05) is 6.02 Å². The minimum atomic E-state index is -0.957. The first-order chi connectivity index (χ1) is 4.61. The zero-order valence-corrected chi connectivity index (χ0v) is 5.46. The third-order valence-corrected chi connectivity index (χ3v) is 1.23. The van der Waals surface area contributed by atoms with E-state index < -0.39 is 6.02 Å². The highest BCUT2D eigenvalue weighted by Gasteiger charge is 1.93. The molecule has 1 aromatic rings. The van der Waals surface area contributed by atoms with Crippen LogP contribution in [0.25, 0.3) is 0 Å². The Labute approximate surface area is 56.9 Å². The molecular weight excluding hydrogens is 110 g/mol. The van der Waals surface area contributed by atoms with Crippen LogP contribution in [0.3, 0.4) is 0 Å². The molecule has 0 aliphatic heterocycles. The molecule has 48 valence electrons. The van der Waals surface area contributed by atoms with Crippen molar-refractivity contribution in [3.05, 3.63) is 35.9 Å². The third-order valence-electron chi connectivity index (χ3n) is 1.23. The fourth-order valence-electron chi connectivity index (χ4n) is 0.701. The van der Waals surface area contributed by atoms with Crippen LogP contribution in [0, 0.1) is 0 Å². The molecule has 0 saturated carbocycles. The van der Waals surface area contributed by atoms with Crippen molar-refractivity contribution < 1.29 is 1.37 Å². The molecule has 0 unspecified atom stereocenters. The summed E-state index contributed by atoms with van der Waals surface area (Å²) in [5, 5.41) is 0. The van der Waals surface area contributed by atoms with Gasteiger partial charge in [-0.2, -0.15) is 0 Å². The molecule has 0 fully saturated rings. The number of hydrogen-bond acceptors (Lipinski definition) is 1. The highest BCUT2D eigenvalue weighted by molar-refractivity contribution is 5.17. The molecule has 0 radical (unpaired) electrons. The molecular formula is C8H11N. The highest BCUT2D eigenvalue weighted by atomic mass is 14.6. The molecule has 9 heavy (non-hydrogen) atoms. The SMILES string of the molecule is [2H][C@](C)(N)c1ccccc1. The van der Waals surface area contributed by atoms with Gasteiger partial charge < -0.3 is 5.73 Å². The molecule has 0 aliphatic carbocycles. The van der Waals surface area contributed by atoms with Gasteiger partial charge in [0.1, 0.15) is 0 Å². The van der Waals surface area contributed by atoms with Crippen molar-refractivity contribution in [1.29, 1.82) is 0 Å². The van der Waals surface area contributed by atoms with Gasteiger partial charge >= 0.3 is 0 Å². The second kappa shape index (κ2) is 2.65. The Morgan fingerprint density at radius 1 is 1.44 bits per heavy atom. The van der Waals surface area contributed by atoms with Crippen molar-refractivity contribution in [2.24, 2.45) is 5.73 Å². The lowest BCUT2D eigenvalue weighted by atomic mass is 10.1. The number of rotatable bonds is 1. The van der Waals surface area contributed by atoms with E-state index in [1.807, 2.05) is 30.3 Å². The number of nitrogens with two attached hydrogens (primary N) is 1. The van der Waals surface area contributed by atoms with E-state index in [2.05, 4.69) is 0 Å². The topological polar surface area (TPSA) is 26.0 Å². The van der Waals surface area contributed by atoms with Gasteiger partial charge in [0.15, 0.2) is 0 Å². The Bertz CT molecular complexity index is 200. The first-order valence-electron chi connectivity index (χ1n) is 3.45. The van der Waals surface area contributed by atoms with Crippen molar-refractivity contribution in [3.63, 3.8) is 0 Å². The van der Waals surface area contributed by atoms with Gasteiger partial charge in [-0.25, -0.2) is 0 Å². The molecule has 0 aromatic heterocycles. The van der Waals surface area contributed by atoms with Gasteiger partial charge in [0.25, 0.3) is 0 Å². The molecule has 0 saturated heterocycles. The zero-order chi connectivity index (χ0) is 7.61. The van der Waals surface area contributed by atoms with Crippen LogP contribution in [-0.2, 0) is 0 Å². The van der Waals surface area contributed by atoms with Crippen LogP contribution >= 0.6 is 0 Å². The first-order valence-corrected chi connectivity index (χ1v) is 2.95. The smallest absolute Gasteiger partial charge is 0.0511 e. The largest absolute Gasteiger partial charge is 0.324 e. The van der Waals surface area contributed by atoms with E-state index in [1.165, 1.54) is 0 Å². The van der Waals surface area contributed by atoms with Crippen molar-refractivity contribution in [2.45, 2.75) is 12.9 Å². The molecule has 2 N–H and O–H groups in total. The first kappa shape index (κ1) is 5.00. The highest BCUT2D eigenvalue weighted by Crippen LogP contribution is 2.06. The Morgan fingerprint density at radius 2 is 2.00 bits per heavy atom. The summed E-state index contributed by atoms with van der Waals surface area (Å²) in [4.78, 5) is 0. The van der Waals surface area contributed by atoms with Crippen LogP contribution in [0.2, 0.25) is 0 Å². The molecule has 0 heterocycles. The number of benzene rings is 1. The molecule has 1 rings (SSSR count). The zero-order valence-electron chi connectivity index (χ0n) is 6.46. The van der Waals surface area contributed by atoms with Crippen molar-refractivity contribution in [1.82, 2.24) is 0 Å². The predicted octanol–water partition coefficient (Wildman–Crippen LogP) is 1.71. The van der Waals surface area contributed by atoms with Gasteiger partial charge in [-0.15, -0.1) is 0 Å². The lowest BCUT2D eigenvalue weighted by molar-refractivity contribution is 0.818. The van der Waals surface area contributed by atoms with Gasteiger partial charge in [0.2, 0.25) is 0 Å². The van der Waals surface area contributed by atoms with E-state index in [0.29, 0.717) is 0 Å². The molecule has 0 amide bonds. The summed E-state index contributed by atoms with van der Waals surface area (Å²) < 4.78 is 7.45. The summed E-state index contributed by atoms with van der Waals surface area (Å²) in [7, 11) is 0. The maximum absolute atomic E-state index is 7.45. The fraction of sp³-hybridized carbons (Fsp3) is 0.250. The average molecular weight is 122 g/mol. The van der Waals surface area contributed by atoms with Crippen LogP contribution in [0.15, 0.2) is 30.3 Å². The summed E-state index contributed by atoms with van der Waals surface area (Å²) in [5.74, 6) is 0. The maximum atomic E-state index is 7.45. The lowest BCUT2D eigenvalue weighted by Crippen LogP contribution is -2.03. The van der Waals surface area contributed by atoms with Crippen LogP contribution in [-0.4, -0.2) is 0 Å². The molecule has 1 nitrogen and oxygen atoms in total. The minimum Gasteiger partial charge on any atom is -0.324 e. The predicted molar refractivity (Wildman–Crippen MR) is 39.0 cm³/mol. The Kier molecular flexibility index (Phi) is 1.47. The van der Waals surface area contributed by atoms with Gasteiger partial charge in [-0.3, -0.25) is 0 Å². The van der Waals surface area contributed by atoms with E-state index in [0.717, 1.165) is 5.56 Å². The van der Waals surface area contributed by atoms with Crippen LogP contribution in [0.1, 0.15) is 19.9 Å². The van der Waals surface area contributed by atoms with Crippen molar-refractivity contribution in [3.8, 4) is 0 Å².